The minimum atomic E-state index is -4.25. The van der Waals surface area contributed by atoms with Gasteiger partial charge in [0.2, 0.25) is 0 Å². The SMILES string of the molecule is COC1Cc2c1cccc2C(F)(F)F. The second-order valence-electron chi connectivity index (χ2n) is 3.30. The standard InChI is InChI=1S/C10H9F3O/c1-14-9-5-7-6(9)3-2-4-8(7)10(11,12)13/h2-4,9H,5H2,1H3. The minimum Gasteiger partial charge on any atom is -0.376 e. The van der Waals surface area contributed by atoms with Gasteiger partial charge in [-0.25, -0.2) is 0 Å². The van der Waals surface area contributed by atoms with E-state index in [1.807, 2.05) is 0 Å². The van der Waals surface area contributed by atoms with Crippen molar-refractivity contribution in [2.45, 2.75) is 18.7 Å². The van der Waals surface area contributed by atoms with Crippen molar-refractivity contribution in [1.29, 1.82) is 0 Å². The Kier molecular flexibility index (Phi) is 2.03. The maximum absolute atomic E-state index is 12.5. The van der Waals surface area contributed by atoms with Crippen molar-refractivity contribution in [3.8, 4) is 0 Å². The van der Waals surface area contributed by atoms with Gasteiger partial charge >= 0.3 is 6.18 Å². The monoisotopic (exact) mass is 202 g/mol. The number of benzene rings is 1. The number of hydrogen-bond acceptors (Lipinski definition) is 1. The van der Waals surface area contributed by atoms with Crippen LogP contribution in [0.1, 0.15) is 22.8 Å². The summed E-state index contributed by atoms with van der Waals surface area (Å²) in [5, 5.41) is 0. The molecule has 0 spiro atoms. The summed E-state index contributed by atoms with van der Waals surface area (Å²) in [5.41, 5.74) is 0.525. The highest BCUT2D eigenvalue weighted by atomic mass is 19.4. The number of ether oxygens (including phenoxy) is 1. The molecule has 0 aliphatic heterocycles. The highest BCUT2D eigenvalue weighted by Gasteiger charge is 2.39. The van der Waals surface area contributed by atoms with Gasteiger partial charge in [0.25, 0.3) is 0 Å². The van der Waals surface area contributed by atoms with E-state index in [2.05, 4.69) is 0 Å². The fraction of sp³-hybridized carbons (Fsp3) is 0.400. The van der Waals surface area contributed by atoms with E-state index in [4.69, 9.17) is 4.74 Å². The molecular formula is C10H9F3O. The molecule has 0 radical (unpaired) electrons. The number of alkyl halides is 3. The third kappa shape index (κ3) is 1.30. The number of fused-ring (bicyclic) bond motifs is 1. The Morgan fingerprint density at radius 3 is 2.64 bits per heavy atom. The lowest BCUT2D eigenvalue weighted by molar-refractivity contribution is -0.139. The van der Waals surface area contributed by atoms with Gasteiger partial charge in [0.15, 0.2) is 0 Å². The van der Waals surface area contributed by atoms with Gasteiger partial charge in [0, 0.05) is 13.5 Å². The van der Waals surface area contributed by atoms with Crippen molar-refractivity contribution in [2.24, 2.45) is 0 Å². The quantitative estimate of drug-likeness (QED) is 0.680. The maximum atomic E-state index is 12.5. The van der Waals surface area contributed by atoms with Gasteiger partial charge in [-0.1, -0.05) is 12.1 Å². The summed E-state index contributed by atoms with van der Waals surface area (Å²) in [4.78, 5) is 0. The third-order valence-electron chi connectivity index (χ3n) is 2.54. The van der Waals surface area contributed by atoms with Gasteiger partial charge in [-0.05, 0) is 17.2 Å². The Labute approximate surface area is 79.5 Å². The van der Waals surface area contributed by atoms with Crippen LogP contribution in [-0.4, -0.2) is 7.11 Å². The molecule has 0 heterocycles. The first kappa shape index (κ1) is 9.52. The first-order chi connectivity index (χ1) is 6.54. The maximum Gasteiger partial charge on any atom is 0.416 e. The number of methoxy groups -OCH3 is 1. The molecule has 1 nitrogen and oxygen atoms in total. The van der Waals surface area contributed by atoms with Crippen LogP contribution >= 0.6 is 0 Å². The van der Waals surface area contributed by atoms with E-state index in [1.165, 1.54) is 13.2 Å². The zero-order valence-corrected chi connectivity index (χ0v) is 7.56. The summed E-state index contributed by atoms with van der Waals surface area (Å²) >= 11 is 0. The summed E-state index contributed by atoms with van der Waals surface area (Å²) in [6, 6.07) is 4.22. The van der Waals surface area contributed by atoms with E-state index in [0.29, 0.717) is 17.5 Å². The summed E-state index contributed by atoms with van der Waals surface area (Å²) in [7, 11) is 1.51. The van der Waals surface area contributed by atoms with E-state index >= 15 is 0 Å². The molecule has 1 unspecified atom stereocenters. The molecule has 0 fully saturated rings. The van der Waals surface area contributed by atoms with E-state index in [0.717, 1.165) is 6.07 Å². The molecule has 0 saturated carbocycles. The Bertz CT molecular complexity index is 357. The van der Waals surface area contributed by atoms with E-state index in [-0.39, 0.29) is 6.10 Å². The molecule has 0 saturated heterocycles. The first-order valence-electron chi connectivity index (χ1n) is 4.26. The highest BCUT2D eigenvalue weighted by Crippen LogP contribution is 2.43. The molecule has 1 atom stereocenters. The van der Waals surface area contributed by atoms with Gasteiger partial charge in [-0.15, -0.1) is 0 Å². The van der Waals surface area contributed by atoms with Crippen molar-refractivity contribution in [2.75, 3.05) is 7.11 Å². The lowest BCUT2D eigenvalue weighted by Crippen LogP contribution is -2.23. The molecule has 0 N–H and O–H groups in total. The second-order valence-corrected chi connectivity index (χ2v) is 3.30. The summed E-state index contributed by atoms with van der Waals surface area (Å²) < 4.78 is 42.4. The molecule has 4 heteroatoms. The van der Waals surface area contributed by atoms with E-state index < -0.39 is 11.7 Å². The van der Waals surface area contributed by atoms with Crippen LogP contribution in [0.4, 0.5) is 13.2 Å². The topological polar surface area (TPSA) is 9.23 Å². The Morgan fingerprint density at radius 2 is 2.07 bits per heavy atom. The lowest BCUT2D eigenvalue weighted by Gasteiger charge is -2.31. The molecule has 14 heavy (non-hydrogen) atoms. The van der Waals surface area contributed by atoms with E-state index in [9.17, 15) is 13.2 Å². The molecule has 0 bridgehead atoms. The zero-order chi connectivity index (χ0) is 10.3. The van der Waals surface area contributed by atoms with Crippen LogP contribution in [0, 0.1) is 0 Å². The molecule has 1 aromatic carbocycles. The summed E-state index contributed by atoms with van der Waals surface area (Å²) in [6.07, 6.45) is -4.04. The van der Waals surface area contributed by atoms with Crippen LogP contribution in [0.5, 0.6) is 0 Å². The van der Waals surface area contributed by atoms with Gasteiger partial charge < -0.3 is 4.74 Å². The normalized spacial score (nSPS) is 20.1. The van der Waals surface area contributed by atoms with Crippen molar-refractivity contribution in [3.63, 3.8) is 0 Å². The fourth-order valence-corrected chi connectivity index (χ4v) is 1.77. The molecule has 0 amide bonds. The summed E-state index contributed by atoms with van der Waals surface area (Å²) in [6.45, 7) is 0. The Morgan fingerprint density at radius 1 is 1.36 bits per heavy atom. The van der Waals surface area contributed by atoms with Crippen molar-refractivity contribution in [1.82, 2.24) is 0 Å². The van der Waals surface area contributed by atoms with Crippen LogP contribution in [0.3, 0.4) is 0 Å². The van der Waals surface area contributed by atoms with Gasteiger partial charge in [0.1, 0.15) is 0 Å². The smallest absolute Gasteiger partial charge is 0.376 e. The lowest BCUT2D eigenvalue weighted by atomic mass is 9.82. The van der Waals surface area contributed by atoms with Crippen molar-refractivity contribution in [3.05, 3.63) is 34.9 Å². The van der Waals surface area contributed by atoms with Gasteiger partial charge in [-0.3, -0.25) is 0 Å². The molecule has 1 aliphatic carbocycles. The predicted molar refractivity (Wildman–Crippen MR) is 44.9 cm³/mol. The predicted octanol–water partition coefficient (Wildman–Crippen LogP) is 2.95. The molecule has 0 aromatic heterocycles. The second kappa shape index (κ2) is 2.98. The molecular weight excluding hydrogens is 193 g/mol. The van der Waals surface area contributed by atoms with Crippen LogP contribution < -0.4 is 0 Å². The van der Waals surface area contributed by atoms with Crippen molar-refractivity contribution >= 4 is 0 Å². The summed E-state index contributed by atoms with van der Waals surface area (Å²) in [5.74, 6) is 0. The molecule has 2 rings (SSSR count). The van der Waals surface area contributed by atoms with Gasteiger partial charge in [0.05, 0.1) is 11.7 Å². The van der Waals surface area contributed by atoms with Crippen LogP contribution in [0.15, 0.2) is 18.2 Å². The minimum absolute atomic E-state index is 0.160. The average Bonchev–Trinajstić information content (AvgIpc) is 2.05. The first-order valence-corrected chi connectivity index (χ1v) is 4.26. The fourth-order valence-electron chi connectivity index (χ4n) is 1.77. The van der Waals surface area contributed by atoms with Crippen molar-refractivity contribution < 1.29 is 17.9 Å². The molecule has 1 aliphatic rings. The van der Waals surface area contributed by atoms with Crippen LogP contribution in [0.2, 0.25) is 0 Å². The highest BCUT2D eigenvalue weighted by molar-refractivity contribution is 5.45. The van der Waals surface area contributed by atoms with Gasteiger partial charge in [-0.2, -0.15) is 13.2 Å². The Balaban J connectivity index is 2.43. The number of halogens is 3. The zero-order valence-electron chi connectivity index (χ0n) is 7.56. The molecule has 76 valence electrons. The third-order valence-corrected chi connectivity index (χ3v) is 2.54. The van der Waals surface area contributed by atoms with E-state index in [1.54, 1.807) is 6.07 Å². The Hall–Kier alpha value is -1.03. The number of hydrogen-bond donors (Lipinski definition) is 0. The number of rotatable bonds is 1. The largest absolute Gasteiger partial charge is 0.416 e. The molecule has 1 aromatic rings. The van der Waals surface area contributed by atoms with Crippen LogP contribution in [-0.2, 0) is 17.3 Å². The van der Waals surface area contributed by atoms with Crippen LogP contribution in [0.25, 0.3) is 0 Å². The average molecular weight is 202 g/mol.